The second-order valence-corrected chi connectivity index (χ2v) is 2.68. The van der Waals surface area contributed by atoms with Crippen LogP contribution in [0.2, 0.25) is 0 Å². The second kappa shape index (κ2) is 5.27. The van der Waals surface area contributed by atoms with Crippen LogP contribution in [0.1, 0.15) is 12.0 Å². The van der Waals surface area contributed by atoms with Gasteiger partial charge in [-0.1, -0.05) is 36.4 Å². The molecule has 0 bridgehead atoms. The molecule has 0 saturated heterocycles. The van der Waals surface area contributed by atoms with Crippen LogP contribution in [-0.4, -0.2) is 17.5 Å². The molecular weight excluding hydrogens is 164 g/mol. The largest absolute Gasteiger partial charge is 0.396 e. The van der Waals surface area contributed by atoms with Crippen molar-refractivity contribution in [2.24, 2.45) is 0 Å². The summed E-state index contributed by atoms with van der Waals surface area (Å²) in [7, 11) is 0. The molecule has 1 aromatic rings. The third kappa shape index (κ3) is 3.67. The molecule has 0 radical (unpaired) electrons. The predicted molar refractivity (Wildman–Crippen MR) is 52.2 cm³/mol. The first kappa shape index (κ1) is 9.68. The van der Waals surface area contributed by atoms with E-state index >= 15 is 0 Å². The van der Waals surface area contributed by atoms with Gasteiger partial charge in [0, 0.05) is 6.42 Å². The fraction of sp³-hybridized carbons (Fsp3) is 0.182. The Kier molecular flexibility index (Phi) is 3.93. The number of rotatable bonds is 4. The summed E-state index contributed by atoms with van der Waals surface area (Å²) in [6.07, 6.45) is 3.44. The molecule has 2 nitrogen and oxygen atoms in total. The first-order valence-electron chi connectivity index (χ1n) is 4.20. The van der Waals surface area contributed by atoms with Crippen LogP contribution in [0.25, 0.3) is 6.08 Å². The van der Waals surface area contributed by atoms with Gasteiger partial charge in [-0.3, -0.25) is 4.79 Å². The van der Waals surface area contributed by atoms with Gasteiger partial charge >= 0.3 is 0 Å². The van der Waals surface area contributed by atoms with E-state index in [1.807, 2.05) is 30.3 Å². The van der Waals surface area contributed by atoms with Crippen LogP contribution in [0.5, 0.6) is 0 Å². The van der Waals surface area contributed by atoms with Crippen molar-refractivity contribution in [2.45, 2.75) is 6.42 Å². The smallest absolute Gasteiger partial charge is 0.157 e. The highest BCUT2D eigenvalue weighted by Gasteiger charge is 1.93. The van der Waals surface area contributed by atoms with Gasteiger partial charge in [0.05, 0.1) is 6.61 Å². The Labute approximate surface area is 77.5 Å². The summed E-state index contributed by atoms with van der Waals surface area (Å²) in [6.45, 7) is -0.0854. The van der Waals surface area contributed by atoms with Crippen molar-refractivity contribution in [2.75, 3.05) is 6.61 Å². The van der Waals surface area contributed by atoms with Crippen LogP contribution in [-0.2, 0) is 4.79 Å². The van der Waals surface area contributed by atoms with E-state index in [0.29, 0.717) is 0 Å². The summed E-state index contributed by atoms with van der Waals surface area (Å²) >= 11 is 0. The van der Waals surface area contributed by atoms with E-state index in [4.69, 9.17) is 5.11 Å². The molecule has 1 rings (SSSR count). The Hall–Kier alpha value is -1.41. The highest BCUT2D eigenvalue weighted by atomic mass is 16.3. The van der Waals surface area contributed by atoms with Crippen LogP contribution in [0.15, 0.2) is 36.4 Å². The molecule has 0 aromatic heterocycles. The van der Waals surface area contributed by atoms with Crippen LogP contribution in [0.4, 0.5) is 0 Å². The topological polar surface area (TPSA) is 37.3 Å². The summed E-state index contributed by atoms with van der Waals surface area (Å²) in [4.78, 5) is 11.0. The summed E-state index contributed by atoms with van der Waals surface area (Å²) in [5.74, 6) is -0.0497. The molecule has 2 heteroatoms. The lowest BCUT2D eigenvalue weighted by Gasteiger charge is -1.91. The second-order valence-electron chi connectivity index (χ2n) is 2.68. The molecule has 0 spiro atoms. The maximum Gasteiger partial charge on any atom is 0.157 e. The van der Waals surface area contributed by atoms with E-state index in [9.17, 15) is 4.79 Å². The number of carbonyl (C=O) groups is 1. The lowest BCUT2D eigenvalue weighted by Crippen LogP contribution is -1.95. The molecule has 0 atom stereocenters. The molecule has 1 N–H and O–H groups in total. The van der Waals surface area contributed by atoms with E-state index in [1.54, 1.807) is 6.08 Å². The number of ketones is 1. The monoisotopic (exact) mass is 176 g/mol. The predicted octanol–water partition coefficient (Wildman–Crippen LogP) is 1.65. The van der Waals surface area contributed by atoms with Crippen LogP contribution in [0, 0.1) is 0 Å². The van der Waals surface area contributed by atoms with E-state index in [1.165, 1.54) is 6.08 Å². The molecular formula is C11H12O2. The first-order valence-corrected chi connectivity index (χ1v) is 4.20. The number of benzene rings is 1. The van der Waals surface area contributed by atoms with Gasteiger partial charge in [0.1, 0.15) is 0 Å². The molecule has 0 unspecified atom stereocenters. The molecule has 0 saturated carbocycles. The van der Waals surface area contributed by atoms with Gasteiger partial charge in [-0.2, -0.15) is 0 Å². The third-order valence-corrected chi connectivity index (χ3v) is 1.62. The standard InChI is InChI=1S/C11H12O2/c12-9-8-11(13)7-6-10-4-2-1-3-5-10/h1-7,12H,8-9H2. The number of carbonyl (C=O) groups excluding carboxylic acids is 1. The van der Waals surface area contributed by atoms with Gasteiger partial charge in [0.15, 0.2) is 5.78 Å². The van der Waals surface area contributed by atoms with Crippen molar-refractivity contribution in [3.63, 3.8) is 0 Å². The number of allylic oxidation sites excluding steroid dienone is 1. The van der Waals surface area contributed by atoms with Gasteiger partial charge in [-0.25, -0.2) is 0 Å². The maximum atomic E-state index is 11.0. The number of hydrogen-bond donors (Lipinski definition) is 1. The zero-order chi connectivity index (χ0) is 9.52. The van der Waals surface area contributed by atoms with E-state index in [-0.39, 0.29) is 18.8 Å². The van der Waals surface area contributed by atoms with Crippen molar-refractivity contribution >= 4 is 11.9 Å². The van der Waals surface area contributed by atoms with Gasteiger partial charge in [0.25, 0.3) is 0 Å². The number of aliphatic hydroxyl groups is 1. The lowest BCUT2D eigenvalue weighted by molar-refractivity contribution is -0.115. The summed E-state index contributed by atoms with van der Waals surface area (Å²) in [5, 5.41) is 8.48. The van der Waals surface area contributed by atoms with Gasteiger partial charge in [-0.15, -0.1) is 0 Å². The molecule has 1 aromatic carbocycles. The summed E-state index contributed by atoms with van der Waals surface area (Å²) < 4.78 is 0. The molecule has 0 aliphatic carbocycles. The molecule has 0 aliphatic heterocycles. The normalized spacial score (nSPS) is 10.5. The molecule has 13 heavy (non-hydrogen) atoms. The zero-order valence-electron chi connectivity index (χ0n) is 7.31. The Balaban J connectivity index is 2.54. The van der Waals surface area contributed by atoms with Crippen molar-refractivity contribution in [1.82, 2.24) is 0 Å². The van der Waals surface area contributed by atoms with Crippen molar-refractivity contribution in [1.29, 1.82) is 0 Å². The Morgan fingerprint density at radius 2 is 2.00 bits per heavy atom. The highest BCUT2D eigenvalue weighted by molar-refractivity contribution is 5.93. The fourth-order valence-electron chi connectivity index (χ4n) is 0.947. The number of aliphatic hydroxyl groups excluding tert-OH is 1. The third-order valence-electron chi connectivity index (χ3n) is 1.62. The van der Waals surface area contributed by atoms with E-state index in [0.717, 1.165) is 5.56 Å². The molecule has 0 heterocycles. The average molecular weight is 176 g/mol. The summed E-state index contributed by atoms with van der Waals surface area (Å²) in [5.41, 5.74) is 0.994. The quantitative estimate of drug-likeness (QED) is 0.708. The fourth-order valence-corrected chi connectivity index (χ4v) is 0.947. The Bertz CT molecular complexity index is 288. The minimum Gasteiger partial charge on any atom is -0.396 e. The van der Waals surface area contributed by atoms with E-state index in [2.05, 4.69) is 0 Å². The van der Waals surface area contributed by atoms with Crippen LogP contribution >= 0.6 is 0 Å². The minimum atomic E-state index is -0.0854. The maximum absolute atomic E-state index is 11.0. The molecule has 0 aliphatic rings. The van der Waals surface area contributed by atoms with Crippen molar-refractivity contribution in [3.05, 3.63) is 42.0 Å². The molecule has 0 amide bonds. The zero-order valence-corrected chi connectivity index (χ0v) is 7.31. The molecule has 0 fully saturated rings. The highest BCUT2D eigenvalue weighted by Crippen LogP contribution is 2.01. The van der Waals surface area contributed by atoms with Crippen molar-refractivity contribution < 1.29 is 9.90 Å². The van der Waals surface area contributed by atoms with Crippen LogP contribution < -0.4 is 0 Å². The lowest BCUT2D eigenvalue weighted by atomic mass is 10.2. The van der Waals surface area contributed by atoms with E-state index < -0.39 is 0 Å². The van der Waals surface area contributed by atoms with Gasteiger partial charge < -0.3 is 5.11 Å². The average Bonchev–Trinajstić information content (AvgIpc) is 2.17. The van der Waals surface area contributed by atoms with Crippen molar-refractivity contribution in [3.8, 4) is 0 Å². The van der Waals surface area contributed by atoms with Gasteiger partial charge in [-0.05, 0) is 11.6 Å². The van der Waals surface area contributed by atoms with Gasteiger partial charge in [0.2, 0.25) is 0 Å². The first-order chi connectivity index (χ1) is 6.33. The number of hydrogen-bond acceptors (Lipinski definition) is 2. The Morgan fingerprint density at radius 1 is 1.31 bits per heavy atom. The summed E-state index contributed by atoms with van der Waals surface area (Å²) in [6, 6.07) is 9.59. The van der Waals surface area contributed by atoms with Crippen LogP contribution in [0.3, 0.4) is 0 Å². The Morgan fingerprint density at radius 3 is 2.62 bits per heavy atom. The molecule has 68 valence electrons. The minimum absolute atomic E-state index is 0.0497. The SMILES string of the molecule is O=C(C=Cc1ccccc1)CCO.